The molecule has 0 radical (unpaired) electrons. The van der Waals surface area contributed by atoms with Gasteiger partial charge in [0.15, 0.2) is 0 Å². The van der Waals surface area contributed by atoms with E-state index in [0.29, 0.717) is 26.9 Å². The number of hydrogen-bond acceptors (Lipinski definition) is 3. The third kappa shape index (κ3) is 4.85. The Hall–Kier alpha value is -2.81. The summed E-state index contributed by atoms with van der Waals surface area (Å²) in [6, 6.07) is 12.9. The molecule has 0 saturated heterocycles. The minimum atomic E-state index is -0.570. The predicted molar refractivity (Wildman–Crippen MR) is 96.5 cm³/mol. The van der Waals surface area contributed by atoms with E-state index in [2.05, 4.69) is 10.6 Å². The van der Waals surface area contributed by atoms with Crippen LogP contribution in [0.15, 0.2) is 48.5 Å². The molecule has 0 aliphatic rings. The number of nitrogens with one attached hydrogen (secondary N) is 3. The Morgan fingerprint density at radius 1 is 1.12 bits per heavy atom. The van der Waals surface area contributed by atoms with Gasteiger partial charge in [-0.3, -0.25) is 10.7 Å². The van der Waals surface area contributed by atoms with Gasteiger partial charge in [-0.1, -0.05) is 29.3 Å². The molecule has 24 heavy (non-hydrogen) atoms. The summed E-state index contributed by atoms with van der Waals surface area (Å²) in [6.07, 6.45) is 2.93. The minimum absolute atomic E-state index is 0.128. The molecule has 0 spiro atoms. The third-order valence-electron chi connectivity index (χ3n) is 2.94. The van der Waals surface area contributed by atoms with Gasteiger partial charge in [0.2, 0.25) is 0 Å². The van der Waals surface area contributed by atoms with Crippen LogP contribution in [-0.4, -0.2) is 11.9 Å². The predicted octanol–water partition coefficient (Wildman–Crippen LogP) is 4.68. The van der Waals surface area contributed by atoms with E-state index in [0.717, 1.165) is 0 Å². The molecule has 0 heterocycles. The fraction of sp³-hybridized carbons (Fsp3) is 0. The number of anilines is 1. The average Bonchev–Trinajstić information content (AvgIpc) is 2.55. The first-order valence-corrected chi connectivity index (χ1v) is 7.54. The number of carbonyl (C=O) groups is 1. The maximum Gasteiger partial charge on any atom is 0.324 e. The smallest absolute Gasteiger partial charge is 0.308 e. The van der Waals surface area contributed by atoms with Crippen molar-refractivity contribution in [3.8, 4) is 6.07 Å². The molecule has 5 nitrogen and oxygen atoms in total. The van der Waals surface area contributed by atoms with Crippen LogP contribution in [0.1, 0.15) is 11.1 Å². The molecule has 0 aliphatic heterocycles. The van der Waals surface area contributed by atoms with E-state index >= 15 is 0 Å². The van der Waals surface area contributed by atoms with Gasteiger partial charge in [-0.25, -0.2) is 4.79 Å². The lowest BCUT2D eigenvalue weighted by atomic mass is 10.2. The largest absolute Gasteiger partial charge is 0.324 e. The monoisotopic (exact) mass is 358 g/mol. The molecule has 7 heteroatoms. The first kappa shape index (κ1) is 17.5. The van der Waals surface area contributed by atoms with Gasteiger partial charge in [0.25, 0.3) is 0 Å². The summed E-state index contributed by atoms with van der Waals surface area (Å²) in [4.78, 5) is 11.8. The van der Waals surface area contributed by atoms with Crippen LogP contribution in [-0.2, 0) is 0 Å². The van der Waals surface area contributed by atoms with Crippen LogP contribution < -0.4 is 10.6 Å². The normalized spacial score (nSPS) is 10.2. The van der Waals surface area contributed by atoms with Gasteiger partial charge < -0.3 is 5.32 Å². The zero-order valence-electron chi connectivity index (χ0n) is 12.3. The highest BCUT2D eigenvalue weighted by molar-refractivity contribution is 6.37. The number of benzene rings is 2. The highest BCUT2D eigenvalue weighted by atomic mass is 35.5. The summed E-state index contributed by atoms with van der Waals surface area (Å²) in [5.74, 6) is -0.128. The standard InChI is InChI=1S/C17H12Cl2N4O/c18-14-2-1-3-15(19)13(14)8-9-16(21)23-17(24)22-12-6-4-11(10-20)5-7-12/h1-9H,(H3,21,22,23,24)/b9-8+. The molecule has 0 bridgehead atoms. The first-order valence-electron chi connectivity index (χ1n) is 6.78. The summed E-state index contributed by atoms with van der Waals surface area (Å²) in [5.41, 5.74) is 1.57. The highest BCUT2D eigenvalue weighted by Crippen LogP contribution is 2.25. The summed E-state index contributed by atoms with van der Waals surface area (Å²) in [6.45, 7) is 0. The van der Waals surface area contributed by atoms with Gasteiger partial charge in [0.05, 0.1) is 11.6 Å². The van der Waals surface area contributed by atoms with Crippen molar-refractivity contribution in [2.24, 2.45) is 0 Å². The van der Waals surface area contributed by atoms with E-state index < -0.39 is 6.03 Å². The molecule has 2 rings (SSSR count). The van der Waals surface area contributed by atoms with Crippen molar-refractivity contribution in [2.45, 2.75) is 0 Å². The van der Waals surface area contributed by atoms with E-state index in [1.807, 2.05) is 6.07 Å². The second-order valence-electron chi connectivity index (χ2n) is 4.65. The zero-order valence-corrected chi connectivity index (χ0v) is 13.8. The molecule has 2 aromatic rings. The maximum atomic E-state index is 11.8. The summed E-state index contributed by atoms with van der Waals surface area (Å²) in [5, 5.41) is 22.3. The molecule has 0 atom stereocenters. The van der Waals surface area contributed by atoms with Crippen LogP contribution in [0.5, 0.6) is 0 Å². The Bertz CT molecular complexity index is 818. The van der Waals surface area contributed by atoms with Gasteiger partial charge in [-0.05, 0) is 48.6 Å². The molecule has 3 N–H and O–H groups in total. The van der Waals surface area contributed by atoms with Crippen LogP contribution in [0.3, 0.4) is 0 Å². The topological polar surface area (TPSA) is 88.8 Å². The summed E-state index contributed by atoms with van der Waals surface area (Å²) >= 11 is 12.0. The number of urea groups is 1. The minimum Gasteiger partial charge on any atom is -0.308 e. The molecule has 0 aromatic heterocycles. The molecular weight excluding hydrogens is 347 g/mol. The van der Waals surface area contributed by atoms with Crippen LogP contribution in [0.4, 0.5) is 10.5 Å². The third-order valence-corrected chi connectivity index (χ3v) is 3.60. The van der Waals surface area contributed by atoms with Crippen LogP contribution >= 0.6 is 23.2 Å². The van der Waals surface area contributed by atoms with Crippen molar-refractivity contribution in [2.75, 3.05) is 5.32 Å². The molecule has 0 fully saturated rings. The number of amides is 2. The Morgan fingerprint density at radius 2 is 1.75 bits per heavy atom. The number of rotatable bonds is 3. The molecule has 2 amide bonds. The number of carbonyl (C=O) groups excluding carboxylic acids is 1. The molecule has 2 aromatic carbocycles. The SMILES string of the molecule is N#Cc1ccc(NC(=O)NC(=N)/C=C/c2c(Cl)cccc2Cl)cc1. The van der Waals surface area contributed by atoms with E-state index in [4.69, 9.17) is 33.9 Å². The second-order valence-corrected chi connectivity index (χ2v) is 5.47. The summed E-state index contributed by atoms with van der Waals surface area (Å²) < 4.78 is 0. The lowest BCUT2D eigenvalue weighted by molar-refractivity contribution is 0.256. The van der Waals surface area contributed by atoms with Crippen molar-refractivity contribution in [3.63, 3.8) is 0 Å². The number of amidine groups is 1. The molecule has 0 saturated carbocycles. The van der Waals surface area contributed by atoms with Crippen LogP contribution in [0.2, 0.25) is 10.0 Å². The lowest BCUT2D eigenvalue weighted by Gasteiger charge is -2.06. The van der Waals surface area contributed by atoms with Crippen molar-refractivity contribution in [3.05, 3.63) is 69.7 Å². The first-order chi connectivity index (χ1) is 11.5. The molecule has 0 aliphatic carbocycles. The van der Waals surface area contributed by atoms with Crippen molar-refractivity contribution in [1.29, 1.82) is 10.7 Å². The summed E-state index contributed by atoms with van der Waals surface area (Å²) in [7, 11) is 0. The molecule has 120 valence electrons. The van der Waals surface area contributed by atoms with Crippen molar-refractivity contribution >= 4 is 46.8 Å². The fourth-order valence-electron chi connectivity index (χ4n) is 1.79. The van der Waals surface area contributed by atoms with E-state index in [9.17, 15) is 4.79 Å². The Labute approximate surface area is 149 Å². The Morgan fingerprint density at radius 3 is 2.33 bits per heavy atom. The number of nitriles is 1. The van der Waals surface area contributed by atoms with E-state index in [1.165, 1.54) is 6.08 Å². The van der Waals surface area contributed by atoms with Gasteiger partial charge in [-0.2, -0.15) is 5.26 Å². The quantitative estimate of drug-likeness (QED) is 0.549. The zero-order chi connectivity index (χ0) is 17.5. The fourth-order valence-corrected chi connectivity index (χ4v) is 2.31. The number of halogens is 2. The van der Waals surface area contributed by atoms with Gasteiger partial charge >= 0.3 is 6.03 Å². The van der Waals surface area contributed by atoms with E-state index in [-0.39, 0.29) is 5.84 Å². The molecular formula is C17H12Cl2N4O. The molecule has 0 unspecified atom stereocenters. The number of nitrogens with zero attached hydrogens (tertiary/aromatic N) is 1. The van der Waals surface area contributed by atoms with Crippen LogP contribution in [0.25, 0.3) is 6.08 Å². The van der Waals surface area contributed by atoms with E-state index in [1.54, 1.807) is 48.5 Å². The van der Waals surface area contributed by atoms with Crippen molar-refractivity contribution in [1.82, 2.24) is 5.32 Å². The Kier molecular flexibility index (Phi) is 5.96. The van der Waals surface area contributed by atoms with Gasteiger partial charge in [0.1, 0.15) is 5.84 Å². The number of hydrogen-bond donors (Lipinski definition) is 3. The van der Waals surface area contributed by atoms with Crippen molar-refractivity contribution < 1.29 is 4.79 Å². The van der Waals surface area contributed by atoms with Crippen LogP contribution in [0, 0.1) is 16.7 Å². The lowest BCUT2D eigenvalue weighted by Crippen LogP contribution is -2.32. The highest BCUT2D eigenvalue weighted by Gasteiger charge is 2.05. The maximum absolute atomic E-state index is 11.8. The second kappa shape index (κ2) is 8.16. The average molecular weight is 359 g/mol. The van der Waals surface area contributed by atoms with Gasteiger partial charge in [-0.15, -0.1) is 0 Å². The van der Waals surface area contributed by atoms with Gasteiger partial charge in [0, 0.05) is 21.3 Å². The Balaban J connectivity index is 1.95.